The summed E-state index contributed by atoms with van der Waals surface area (Å²) < 4.78 is 25.9. The van der Waals surface area contributed by atoms with E-state index in [9.17, 15) is 8.42 Å². The van der Waals surface area contributed by atoms with Crippen molar-refractivity contribution in [1.82, 2.24) is 4.31 Å². The van der Waals surface area contributed by atoms with Gasteiger partial charge in [-0.25, -0.2) is 8.42 Å². The van der Waals surface area contributed by atoms with E-state index < -0.39 is 10.0 Å². The predicted molar refractivity (Wildman–Crippen MR) is 68.3 cm³/mol. The minimum Gasteiger partial charge on any atom is -0.212 e. The molecule has 0 spiro atoms. The van der Waals surface area contributed by atoms with Crippen LogP contribution in [0, 0.1) is 5.92 Å². The highest BCUT2D eigenvalue weighted by molar-refractivity contribution is 7.89. The lowest BCUT2D eigenvalue weighted by molar-refractivity contribution is 0.366. The van der Waals surface area contributed by atoms with E-state index in [1.807, 2.05) is 13.8 Å². The largest absolute Gasteiger partial charge is 0.214 e. The minimum atomic E-state index is -3.05. The van der Waals surface area contributed by atoms with E-state index >= 15 is 0 Å². The first-order valence-electron chi connectivity index (χ1n) is 6.03. The maximum absolute atomic E-state index is 12.1. The Morgan fingerprint density at radius 1 is 1.44 bits per heavy atom. The molecule has 3 nitrogen and oxygen atoms in total. The maximum atomic E-state index is 12.1. The number of hydrogen-bond donors (Lipinski definition) is 0. The third-order valence-electron chi connectivity index (χ3n) is 2.90. The van der Waals surface area contributed by atoms with Crippen LogP contribution in [-0.4, -0.2) is 36.9 Å². The van der Waals surface area contributed by atoms with Crippen LogP contribution < -0.4 is 0 Å². The average molecular weight is 268 g/mol. The Kier molecular flexibility index (Phi) is 5.54. The molecule has 0 aromatic rings. The van der Waals surface area contributed by atoms with Crippen molar-refractivity contribution in [1.29, 1.82) is 0 Å². The van der Waals surface area contributed by atoms with Gasteiger partial charge in [-0.15, -0.1) is 11.6 Å². The summed E-state index contributed by atoms with van der Waals surface area (Å²) >= 11 is 5.66. The van der Waals surface area contributed by atoms with Gasteiger partial charge in [-0.05, 0) is 31.6 Å². The summed E-state index contributed by atoms with van der Waals surface area (Å²) in [5.41, 5.74) is 0. The standard InChI is InChI=1S/C11H22ClNO2S/c1-10(2)9-16(14,15)13-8-4-6-11(13)5-3-7-12/h10-11H,3-9H2,1-2H3. The number of alkyl halides is 1. The molecule has 0 bridgehead atoms. The summed E-state index contributed by atoms with van der Waals surface area (Å²) in [6, 6.07) is 0.197. The van der Waals surface area contributed by atoms with Gasteiger partial charge >= 0.3 is 0 Å². The SMILES string of the molecule is CC(C)CS(=O)(=O)N1CCCC1CCCCl. The van der Waals surface area contributed by atoms with Gasteiger partial charge in [0.1, 0.15) is 0 Å². The van der Waals surface area contributed by atoms with Crippen molar-refractivity contribution in [2.24, 2.45) is 5.92 Å². The number of nitrogens with zero attached hydrogens (tertiary/aromatic N) is 1. The maximum Gasteiger partial charge on any atom is 0.214 e. The van der Waals surface area contributed by atoms with Crippen molar-refractivity contribution < 1.29 is 8.42 Å². The van der Waals surface area contributed by atoms with Gasteiger partial charge in [-0.2, -0.15) is 4.31 Å². The molecule has 1 aliphatic heterocycles. The molecule has 5 heteroatoms. The fourth-order valence-corrected chi connectivity index (χ4v) is 4.55. The lowest BCUT2D eigenvalue weighted by Gasteiger charge is -2.24. The number of rotatable bonds is 6. The molecule has 1 unspecified atom stereocenters. The topological polar surface area (TPSA) is 37.4 Å². The van der Waals surface area contributed by atoms with E-state index in [0.29, 0.717) is 12.4 Å². The zero-order valence-electron chi connectivity index (χ0n) is 10.2. The van der Waals surface area contributed by atoms with Crippen molar-refractivity contribution in [3.63, 3.8) is 0 Å². The third-order valence-corrected chi connectivity index (χ3v) is 5.45. The van der Waals surface area contributed by atoms with E-state index in [1.54, 1.807) is 4.31 Å². The van der Waals surface area contributed by atoms with Crippen LogP contribution in [0.4, 0.5) is 0 Å². The monoisotopic (exact) mass is 267 g/mol. The van der Waals surface area contributed by atoms with Crippen LogP contribution in [0.2, 0.25) is 0 Å². The summed E-state index contributed by atoms with van der Waals surface area (Å²) in [5, 5.41) is 0. The molecule has 0 N–H and O–H groups in total. The van der Waals surface area contributed by atoms with Crippen LogP contribution in [0.15, 0.2) is 0 Å². The van der Waals surface area contributed by atoms with Crippen molar-refractivity contribution in [3.05, 3.63) is 0 Å². The summed E-state index contributed by atoms with van der Waals surface area (Å²) in [5.74, 6) is 1.08. The first kappa shape index (κ1) is 14.3. The number of sulfonamides is 1. The number of halogens is 1. The van der Waals surface area contributed by atoms with E-state index in [2.05, 4.69) is 0 Å². The Morgan fingerprint density at radius 3 is 2.69 bits per heavy atom. The molecule has 1 saturated heterocycles. The molecule has 1 rings (SSSR count). The molecule has 0 aliphatic carbocycles. The van der Waals surface area contributed by atoms with E-state index in [1.165, 1.54) is 0 Å². The van der Waals surface area contributed by atoms with Crippen molar-refractivity contribution in [3.8, 4) is 0 Å². The van der Waals surface area contributed by atoms with Gasteiger partial charge in [0.25, 0.3) is 0 Å². The van der Waals surface area contributed by atoms with Gasteiger partial charge in [0.2, 0.25) is 10.0 Å². The smallest absolute Gasteiger partial charge is 0.212 e. The highest BCUT2D eigenvalue weighted by Gasteiger charge is 2.33. The molecule has 1 aliphatic rings. The fourth-order valence-electron chi connectivity index (χ4n) is 2.29. The molecule has 1 heterocycles. The predicted octanol–water partition coefficient (Wildman–Crippen LogP) is 2.46. The van der Waals surface area contributed by atoms with Crippen LogP contribution in [-0.2, 0) is 10.0 Å². The quantitative estimate of drug-likeness (QED) is 0.694. The molecule has 0 saturated carbocycles. The van der Waals surface area contributed by atoms with Crippen molar-refractivity contribution >= 4 is 21.6 Å². The van der Waals surface area contributed by atoms with Crippen LogP contribution in [0.25, 0.3) is 0 Å². The van der Waals surface area contributed by atoms with E-state index in [-0.39, 0.29) is 17.7 Å². The second-order valence-electron chi connectivity index (χ2n) is 4.91. The van der Waals surface area contributed by atoms with Crippen molar-refractivity contribution in [2.45, 2.75) is 45.6 Å². The van der Waals surface area contributed by atoms with E-state index in [4.69, 9.17) is 11.6 Å². The van der Waals surface area contributed by atoms with Gasteiger partial charge in [0.05, 0.1) is 5.75 Å². The van der Waals surface area contributed by atoms with Gasteiger partial charge in [0.15, 0.2) is 0 Å². The molecule has 0 radical (unpaired) electrons. The van der Waals surface area contributed by atoms with Gasteiger partial charge < -0.3 is 0 Å². The highest BCUT2D eigenvalue weighted by Crippen LogP contribution is 2.25. The van der Waals surface area contributed by atoms with Crippen LogP contribution in [0.5, 0.6) is 0 Å². The lowest BCUT2D eigenvalue weighted by Crippen LogP contribution is -2.38. The van der Waals surface area contributed by atoms with Crippen LogP contribution in [0.3, 0.4) is 0 Å². The molecular formula is C11H22ClNO2S. The van der Waals surface area contributed by atoms with Crippen molar-refractivity contribution in [2.75, 3.05) is 18.2 Å². The molecule has 0 amide bonds. The zero-order valence-corrected chi connectivity index (χ0v) is 11.7. The molecular weight excluding hydrogens is 246 g/mol. The Labute approximate surface area is 104 Å². The Morgan fingerprint density at radius 2 is 2.12 bits per heavy atom. The summed E-state index contributed by atoms with van der Waals surface area (Å²) in [6.45, 7) is 4.59. The Balaban J connectivity index is 2.63. The summed E-state index contributed by atoms with van der Waals surface area (Å²) in [4.78, 5) is 0. The van der Waals surface area contributed by atoms with E-state index in [0.717, 1.165) is 25.7 Å². The first-order chi connectivity index (χ1) is 7.47. The lowest BCUT2D eigenvalue weighted by atomic mass is 10.1. The summed E-state index contributed by atoms with van der Waals surface area (Å²) in [7, 11) is -3.05. The summed E-state index contributed by atoms with van der Waals surface area (Å²) in [6.07, 6.45) is 3.79. The second kappa shape index (κ2) is 6.22. The first-order valence-corrected chi connectivity index (χ1v) is 8.17. The number of hydrogen-bond acceptors (Lipinski definition) is 2. The average Bonchev–Trinajstić information content (AvgIpc) is 2.61. The van der Waals surface area contributed by atoms with Crippen LogP contribution >= 0.6 is 11.6 Å². The second-order valence-corrected chi connectivity index (χ2v) is 7.25. The van der Waals surface area contributed by atoms with Gasteiger partial charge in [-0.1, -0.05) is 13.8 Å². The zero-order chi connectivity index (χ0) is 12.2. The molecule has 1 fully saturated rings. The third kappa shape index (κ3) is 3.90. The molecule has 96 valence electrons. The normalized spacial score (nSPS) is 23.1. The van der Waals surface area contributed by atoms with Gasteiger partial charge in [0, 0.05) is 18.5 Å². The molecule has 0 aromatic heterocycles. The van der Waals surface area contributed by atoms with Crippen LogP contribution in [0.1, 0.15) is 39.5 Å². The molecule has 0 aromatic carbocycles. The van der Waals surface area contributed by atoms with Gasteiger partial charge in [-0.3, -0.25) is 0 Å². The molecule has 16 heavy (non-hydrogen) atoms. The minimum absolute atomic E-state index is 0.194. The fraction of sp³-hybridized carbons (Fsp3) is 1.00. The Bertz CT molecular complexity index is 303. The molecule has 1 atom stereocenters. The Hall–Kier alpha value is 0.200. The highest BCUT2D eigenvalue weighted by atomic mass is 35.5.